The molecule has 0 aliphatic rings. The van der Waals surface area contributed by atoms with E-state index in [0.29, 0.717) is 0 Å². The van der Waals surface area contributed by atoms with Crippen molar-refractivity contribution in [1.82, 2.24) is 9.55 Å². The molecule has 8 nitrogen and oxygen atoms in total. The molecule has 1 aromatic heterocycles. The molecule has 0 fully saturated rings. The number of H-pyrrole nitrogens is 1. The van der Waals surface area contributed by atoms with Gasteiger partial charge in [0.15, 0.2) is 6.61 Å². The number of carbonyl (C=O) groups excluding carboxylic acids is 2. The van der Waals surface area contributed by atoms with Gasteiger partial charge in [0.25, 0.3) is 5.56 Å². The van der Waals surface area contributed by atoms with Gasteiger partial charge in [0.1, 0.15) is 11.4 Å². The molecule has 1 rings (SSSR count). The number of esters is 1. The first kappa shape index (κ1) is 14.7. The highest BCUT2D eigenvalue weighted by Gasteiger charge is 2.20. The van der Waals surface area contributed by atoms with E-state index in [0.717, 1.165) is 4.57 Å². The number of carbonyl (C=O) groups is 2. The number of nitrogen functional groups attached to an aromatic ring is 1. The van der Waals surface area contributed by atoms with Crippen LogP contribution in [-0.4, -0.2) is 27.9 Å². The van der Waals surface area contributed by atoms with Gasteiger partial charge in [0.2, 0.25) is 5.78 Å². The lowest BCUT2D eigenvalue weighted by Crippen LogP contribution is -2.36. The fraction of sp³-hybridized carbons (Fsp3) is 0.455. The molecular formula is C11H15N3O5. The molecule has 0 aromatic carbocycles. The second-order valence-electron chi connectivity index (χ2n) is 4.26. The minimum Gasteiger partial charge on any atom is -0.457 e. The number of aromatic nitrogens is 2. The van der Waals surface area contributed by atoms with Gasteiger partial charge in [-0.2, -0.15) is 0 Å². The maximum atomic E-state index is 11.8. The Kier molecular flexibility index (Phi) is 4.26. The van der Waals surface area contributed by atoms with Gasteiger partial charge in [0, 0.05) is 7.05 Å². The van der Waals surface area contributed by atoms with E-state index < -0.39 is 35.2 Å². The molecule has 0 saturated carbocycles. The highest BCUT2D eigenvalue weighted by molar-refractivity contribution is 6.01. The summed E-state index contributed by atoms with van der Waals surface area (Å²) in [5.41, 5.74) is 3.52. The van der Waals surface area contributed by atoms with E-state index in [4.69, 9.17) is 10.5 Å². The molecule has 104 valence electrons. The number of hydrogen-bond donors (Lipinski definition) is 2. The Balaban J connectivity index is 3.02. The zero-order valence-electron chi connectivity index (χ0n) is 10.9. The van der Waals surface area contributed by atoms with Crippen LogP contribution in [0.1, 0.15) is 24.2 Å². The third-order valence-corrected chi connectivity index (χ3v) is 2.47. The molecule has 0 unspecified atom stereocenters. The van der Waals surface area contributed by atoms with Crippen LogP contribution < -0.4 is 17.0 Å². The van der Waals surface area contributed by atoms with Crippen molar-refractivity contribution in [3.05, 3.63) is 26.4 Å². The number of Topliss-reactive ketones (excluding diaryl/α,β-unsaturated/α-hetero) is 1. The van der Waals surface area contributed by atoms with E-state index in [1.54, 1.807) is 13.8 Å². The van der Waals surface area contributed by atoms with Gasteiger partial charge in [-0.3, -0.25) is 23.9 Å². The number of nitrogens with two attached hydrogens (primary N) is 1. The lowest BCUT2D eigenvalue weighted by atomic mass is 10.2. The van der Waals surface area contributed by atoms with Crippen molar-refractivity contribution in [2.24, 2.45) is 13.0 Å². The normalized spacial score (nSPS) is 10.5. The number of anilines is 1. The van der Waals surface area contributed by atoms with Crippen molar-refractivity contribution in [2.75, 3.05) is 12.3 Å². The molecule has 0 radical (unpaired) electrons. The average Bonchev–Trinajstić information content (AvgIpc) is 2.33. The molecule has 0 spiro atoms. The predicted molar refractivity (Wildman–Crippen MR) is 66.8 cm³/mol. The summed E-state index contributed by atoms with van der Waals surface area (Å²) in [7, 11) is 1.31. The molecule has 1 heterocycles. The smallest absolute Gasteiger partial charge is 0.329 e. The number of ketones is 1. The summed E-state index contributed by atoms with van der Waals surface area (Å²) in [6.45, 7) is 2.63. The molecule has 0 bridgehead atoms. The molecule has 3 N–H and O–H groups in total. The van der Waals surface area contributed by atoms with E-state index >= 15 is 0 Å². The van der Waals surface area contributed by atoms with Crippen LogP contribution in [0.3, 0.4) is 0 Å². The number of nitrogens with zero attached hydrogens (tertiary/aromatic N) is 1. The molecule has 19 heavy (non-hydrogen) atoms. The van der Waals surface area contributed by atoms with Crippen molar-refractivity contribution < 1.29 is 14.3 Å². The molecule has 0 aliphatic heterocycles. The van der Waals surface area contributed by atoms with Crippen LogP contribution in [-0.2, 0) is 16.6 Å². The maximum Gasteiger partial charge on any atom is 0.329 e. The second-order valence-corrected chi connectivity index (χ2v) is 4.26. The van der Waals surface area contributed by atoms with E-state index in [-0.39, 0.29) is 11.7 Å². The van der Waals surface area contributed by atoms with Crippen LogP contribution >= 0.6 is 0 Å². The van der Waals surface area contributed by atoms with Gasteiger partial charge < -0.3 is 10.5 Å². The summed E-state index contributed by atoms with van der Waals surface area (Å²) < 4.78 is 5.65. The lowest BCUT2D eigenvalue weighted by molar-refractivity contribution is -0.146. The summed E-state index contributed by atoms with van der Waals surface area (Å²) >= 11 is 0. The maximum absolute atomic E-state index is 11.8. The molecule has 8 heteroatoms. The second kappa shape index (κ2) is 5.51. The standard InChI is InChI=1S/C11H15N3O5/c1-5(2)10(17)19-4-6(15)7-8(12)14(3)11(18)13-9(7)16/h5H,4,12H2,1-3H3,(H,13,16,18). The number of aromatic amines is 1. The Labute approximate surface area is 108 Å². The topological polar surface area (TPSA) is 124 Å². The van der Waals surface area contributed by atoms with Crippen LogP contribution in [0.5, 0.6) is 0 Å². The van der Waals surface area contributed by atoms with Crippen LogP contribution in [0.15, 0.2) is 9.59 Å². The first-order chi connectivity index (χ1) is 8.75. The van der Waals surface area contributed by atoms with Crippen molar-refractivity contribution >= 4 is 17.6 Å². The summed E-state index contributed by atoms with van der Waals surface area (Å²) in [4.78, 5) is 47.7. The van der Waals surface area contributed by atoms with Crippen molar-refractivity contribution in [3.63, 3.8) is 0 Å². The zero-order chi connectivity index (χ0) is 14.7. The predicted octanol–water partition coefficient (Wildman–Crippen LogP) is -0.962. The fourth-order valence-corrected chi connectivity index (χ4v) is 1.28. The molecule has 0 atom stereocenters. The molecular weight excluding hydrogens is 254 g/mol. The van der Waals surface area contributed by atoms with Gasteiger partial charge in [-0.25, -0.2) is 4.79 Å². The summed E-state index contributed by atoms with van der Waals surface area (Å²) in [6.07, 6.45) is 0. The Morgan fingerprint density at radius 1 is 1.37 bits per heavy atom. The van der Waals surface area contributed by atoms with E-state index in [9.17, 15) is 19.2 Å². The van der Waals surface area contributed by atoms with E-state index in [1.165, 1.54) is 7.05 Å². The van der Waals surface area contributed by atoms with Crippen molar-refractivity contribution in [3.8, 4) is 0 Å². The Morgan fingerprint density at radius 3 is 2.47 bits per heavy atom. The van der Waals surface area contributed by atoms with E-state index in [1.807, 2.05) is 4.98 Å². The van der Waals surface area contributed by atoms with E-state index in [2.05, 4.69) is 0 Å². The van der Waals surface area contributed by atoms with Crippen molar-refractivity contribution in [1.29, 1.82) is 0 Å². The highest BCUT2D eigenvalue weighted by Crippen LogP contribution is 2.04. The third kappa shape index (κ3) is 3.09. The number of ether oxygens (including phenoxy) is 1. The highest BCUT2D eigenvalue weighted by atomic mass is 16.5. The van der Waals surface area contributed by atoms with Gasteiger partial charge in [-0.15, -0.1) is 0 Å². The monoisotopic (exact) mass is 269 g/mol. The van der Waals surface area contributed by atoms with Gasteiger partial charge in [0.05, 0.1) is 5.92 Å². The summed E-state index contributed by atoms with van der Waals surface area (Å²) in [5, 5.41) is 0. The summed E-state index contributed by atoms with van der Waals surface area (Å²) in [6, 6.07) is 0. The molecule has 1 aromatic rings. The SMILES string of the molecule is CC(C)C(=O)OCC(=O)c1c(N)n(C)c(=O)[nH]c1=O. The van der Waals surface area contributed by atoms with Crippen LogP contribution in [0.25, 0.3) is 0 Å². The number of rotatable bonds is 4. The minimum atomic E-state index is -0.897. The third-order valence-electron chi connectivity index (χ3n) is 2.47. The molecule has 0 amide bonds. The zero-order valence-corrected chi connectivity index (χ0v) is 10.9. The largest absolute Gasteiger partial charge is 0.457 e. The Morgan fingerprint density at radius 2 is 1.95 bits per heavy atom. The van der Waals surface area contributed by atoms with Crippen molar-refractivity contribution in [2.45, 2.75) is 13.8 Å². The Hall–Kier alpha value is -2.38. The Bertz CT molecular complexity index is 626. The number of nitrogens with one attached hydrogen (secondary N) is 1. The fourth-order valence-electron chi connectivity index (χ4n) is 1.28. The average molecular weight is 269 g/mol. The molecule has 0 saturated heterocycles. The quantitative estimate of drug-likeness (QED) is 0.535. The lowest BCUT2D eigenvalue weighted by Gasteiger charge is -2.09. The van der Waals surface area contributed by atoms with Gasteiger partial charge in [-0.1, -0.05) is 13.8 Å². The first-order valence-corrected chi connectivity index (χ1v) is 5.54. The molecule has 0 aliphatic carbocycles. The van der Waals surface area contributed by atoms with Crippen LogP contribution in [0.4, 0.5) is 5.82 Å². The number of hydrogen-bond acceptors (Lipinski definition) is 6. The van der Waals surface area contributed by atoms with Gasteiger partial charge in [-0.05, 0) is 0 Å². The van der Waals surface area contributed by atoms with Crippen LogP contribution in [0.2, 0.25) is 0 Å². The van der Waals surface area contributed by atoms with Crippen LogP contribution in [0, 0.1) is 5.92 Å². The first-order valence-electron chi connectivity index (χ1n) is 5.54. The summed E-state index contributed by atoms with van der Waals surface area (Å²) in [5.74, 6) is -1.97. The van der Waals surface area contributed by atoms with Gasteiger partial charge >= 0.3 is 11.7 Å². The minimum absolute atomic E-state index is 0.264.